The number of primary amides is 1. The van der Waals surface area contributed by atoms with Gasteiger partial charge >= 0.3 is 0 Å². The minimum Gasteiger partial charge on any atom is -0.497 e. The maximum Gasteiger partial charge on any atom is 0.267 e. The molecule has 1 aliphatic rings. The third kappa shape index (κ3) is 4.14. The summed E-state index contributed by atoms with van der Waals surface area (Å²) in [5, 5.41) is 5.66. The molecule has 1 atom stereocenters. The quantitative estimate of drug-likeness (QED) is 0.513. The predicted molar refractivity (Wildman–Crippen MR) is 115 cm³/mol. The van der Waals surface area contributed by atoms with Gasteiger partial charge in [0.25, 0.3) is 5.56 Å². The Morgan fingerprint density at radius 2 is 2.00 bits per heavy atom. The van der Waals surface area contributed by atoms with Crippen LogP contribution in [0, 0.1) is 0 Å². The number of H-pyrrole nitrogens is 2. The summed E-state index contributed by atoms with van der Waals surface area (Å²) in [5.41, 5.74) is 9.33. The van der Waals surface area contributed by atoms with Crippen molar-refractivity contribution in [3.63, 3.8) is 0 Å². The van der Waals surface area contributed by atoms with Crippen LogP contribution >= 0.6 is 0 Å². The molecule has 1 unspecified atom stereocenters. The summed E-state index contributed by atoms with van der Waals surface area (Å²) in [5.74, 6) is 0.958. The van der Waals surface area contributed by atoms with Gasteiger partial charge in [0, 0.05) is 48.1 Å². The number of hydrogen-bond acceptors (Lipinski definition) is 5. The number of ether oxygens (including phenoxy) is 3. The van der Waals surface area contributed by atoms with Crippen molar-refractivity contribution < 1.29 is 19.0 Å². The molecule has 0 bridgehead atoms. The van der Waals surface area contributed by atoms with E-state index in [1.165, 1.54) is 7.11 Å². The van der Waals surface area contributed by atoms with Crippen molar-refractivity contribution in [1.82, 2.24) is 10.2 Å². The van der Waals surface area contributed by atoms with Gasteiger partial charge in [-0.1, -0.05) is 18.2 Å². The number of methoxy groups -OCH3 is 2. The SMILES string of the molecule is COc1ccc(C(CC(N)=O)c2c(Cc3ccc4c(c3)CCO4)[nH][nH]c2=O)c(OC)c1. The highest BCUT2D eigenvalue weighted by atomic mass is 16.5. The molecule has 0 saturated carbocycles. The molecule has 0 spiro atoms. The Morgan fingerprint density at radius 1 is 1.16 bits per heavy atom. The van der Waals surface area contributed by atoms with Crippen LogP contribution in [0.2, 0.25) is 0 Å². The number of amides is 1. The summed E-state index contributed by atoms with van der Waals surface area (Å²) >= 11 is 0. The van der Waals surface area contributed by atoms with Crippen molar-refractivity contribution in [2.24, 2.45) is 5.73 Å². The van der Waals surface area contributed by atoms with Gasteiger partial charge in [0.1, 0.15) is 17.2 Å². The predicted octanol–water partition coefficient (Wildman–Crippen LogP) is 2.25. The lowest BCUT2D eigenvalue weighted by molar-refractivity contribution is -0.118. The van der Waals surface area contributed by atoms with Gasteiger partial charge in [-0.2, -0.15) is 0 Å². The second-order valence-electron chi connectivity index (χ2n) is 7.52. The number of aromatic amines is 2. The lowest BCUT2D eigenvalue weighted by Gasteiger charge is -2.19. The van der Waals surface area contributed by atoms with E-state index in [0.29, 0.717) is 41.3 Å². The van der Waals surface area contributed by atoms with Gasteiger partial charge in [-0.05, 0) is 23.3 Å². The van der Waals surface area contributed by atoms with Gasteiger partial charge in [0.15, 0.2) is 0 Å². The first-order valence-electron chi connectivity index (χ1n) is 10.0. The normalized spacial score (nSPS) is 13.4. The second-order valence-corrected chi connectivity index (χ2v) is 7.52. The zero-order valence-electron chi connectivity index (χ0n) is 17.5. The monoisotopic (exact) mass is 423 g/mol. The van der Waals surface area contributed by atoms with Crippen molar-refractivity contribution in [2.45, 2.75) is 25.2 Å². The molecule has 8 heteroatoms. The van der Waals surface area contributed by atoms with Crippen molar-refractivity contribution >= 4 is 5.91 Å². The number of carbonyl (C=O) groups is 1. The molecule has 0 saturated heterocycles. The summed E-state index contributed by atoms with van der Waals surface area (Å²) in [7, 11) is 3.10. The summed E-state index contributed by atoms with van der Waals surface area (Å²) < 4.78 is 16.4. The molecule has 2 heterocycles. The Balaban J connectivity index is 1.76. The van der Waals surface area contributed by atoms with Crippen LogP contribution in [0.1, 0.15) is 40.3 Å². The first-order valence-corrected chi connectivity index (χ1v) is 10.0. The van der Waals surface area contributed by atoms with Crippen LogP contribution in [0.25, 0.3) is 0 Å². The topological polar surface area (TPSA) is 119 Å². The summed E-state index contributed by atoms with van der Waals surface area (Å²) in [4.78, 5) is 24.7. The zero-order chi connectivity index (χ0) is 22.0. The van der Waals surface area contributed by atoms with Crippen LogP contribution in [0.3, 0.4) is 0 Å². The lowest BCUT2D eigenvalue weighted by atomic mass is 9.86. The molecule has 3 aromatic rings. The number of aromatic nitrogens is 2. The van der Waals surface area contributed by atoms with Crippen molar-refractivity contribution in [3.05, 3.63) is 74.7 Å². The minimum absolute atomic E-state index is 0.0331. The summed E-state index contributed by atoms with van der Waals surface area (Å²) in [6.07, 6.45) is 1.33. The average molecular weight is 423 g/mol. The molecule has 4 rings (SSSR count). The number of nitrogens with one attached hydrogen (secondary N) is 2. The number of benzene rings is 2. The molecule has 1 amide bonds. The lowest BCUT2D eigenvalue weighted by Crippen LogP contribution is -2.21. The minimum atomic E-state index is -0.568. The highest BCUT2D eigenvalue weighted by Crippen LogP contribution is 2.37. The van der Waals surface area contributed by atoms with E-state index in [-0.39, 0.29) is 12.0 Å². The van der Waals surface area contributed by atoms with Crippen LogP contribution in [-0.4, -0.2) is 36.9 Å². The van der Waals surface area contributed by atoms with Crippen molar-refractivity contribution in [3.8, 4) is 17.2 Å². The van der Waals surface area contributed by atoms with Gasteiger partial charge in [-0.25, -0.2) is 0 Å². The van der Waals surface area contributed by atoms with E-state index in [9.17, 15) is 9.59 Å². The van der Waals surface area contributed by atoms with Crippen LogP contribution in [-0.2, 0) is 17.6 Å². The Hall–Kier alpha value is -3.68. The maximum absolute atomic E-state index is 12.8. The molecular formula is C23H25N3O5. The Bertz CT molecular complexity index is 1160. The van der Waals surface area contributed by atoms with Crippen LogP contribution in [0.4, 0.5) is 0 Å². The first-order chi connectivity index (χ1) is 15.0. The Morgan fingerprint density at radius 3 is 2.74 bits per heavy atom. The molecule has 1 aromatic heterocycles. The Kier molecular flexibility index (Phi) is 5.70. The molecule has 4 N–H and O–H groups in total. The third-order valence-electron chi connectivity index (χ3n) is 5.60. The molecule has 8 nitrogen and oxygen atoms in total. The largest absolute Gasteiger partial charge is 0.497 e. The van der Waals surface area contributed by atoms with E-state index in [1.807, 2.05) is 12.1 Å². The molecular weight excluding hydrogens is 398 g/mol. The average Bonchev–Trinajstić information content (AvgIpc) is 3.37. The fourth-order valence-corrected chi connectivity index (χ4v) is 4.14. The van der Waals surface area contributed by atoms with Crippen LogP contribution in [0.5, 0.6) is 17.2 Å². The molecule has 0 fully saturated rings. The van der Waals surface area contributed by atoms with E-state index in [4.69, 9.17) is 19.9 Å². The van der Waals surface area contributed by atoms with Gasteiger partial charge in [-0.3, -0.25) is 14.7 Å². The number of carbonyl (C=O) groups excluding carboxylic acids is 1. The van der Waals surface area contributed by atoms with Crippen LogP contribution in [0.15, 0.2) is 41.2 Å². The maximum atomic E-state index is 12.8. The summed E-state index contributed by atoms with van der Waals surface area (Å²) in [6, 6.07) is 11.3. The highest BCUT2D eigenvalue weighted by molar-refractivity contribution is 5.76. The molecule has 0 aliphatic carbocycles. The molecule has 2 aromatic carbocycles. The van der Waals surface area contributed by atoms with Crippen molar-refractivity contribution in [2.75, 3.05) is 20.8 Å². The fourth-order valence-electron chi connectivity index (χ4n) is 4.14. The third-order valence-corrected chi connectivity index (χ3v) is 5.60. The fraction of sp³-hybridized carbons (Fsp3) is 0.304. The van der Waals surface area contributed by atoms with E-state index < -0.39 is 11.8 Å². The molecule has 162 valence electrons. The van der Waals surface area contributed by atoms with E-state index in [0.717, 1.165) is 23.3 Å². The zero-order valence-corrected chi connectivity index (χ0v) is 17.5. The smallest absolute Gasteiger partial charge is 0.267 e. The van der Waals surface area contributed by atoms with Crippen molar-refractivity contribution in [1.29, 1.82) is 0 Å². The Labute approximate surface area is 179 Å². The number of hydrogen-bond donors (Lipinski definition) is 3. The van der Waals surface area contributed by atoms with E-state index in [1.54, 1.807) is 25.3 Å². The molecule has 0 radical (unpaired) electrons. The number of nitrogens with two attached hydrogens (primary N) is 1. The first kappa shape index (κ1) is 20.6. The van der Waals surface area contributed by atoms with E-state index in [2.05, 4.69) is 16.3 Å². The number of fused-ring (bicyclic) bond motifs is 1. The highest BCUT2D eigenvalue weighted by Gasteiger charge is 2.27. The summed E-state index contributed by atoms with van der Waals surface area (Å²) in [6.45, 7) is 0.684. The van der Waals surface area contributed by atoms with E-state index >= 15 is 0 Å². The molecule has 31 heavy (non-hydrogen) atoms. The van der Waals surface area contributed by atoms with Gasteiger partial charge in [0.05, 0.1) is 20.8 Å². The molecule has 1 aliphatic heterocycles. The van der Waals surface area contributed by atoms with Gasteiger partial charge in [-0.15, -0.1) is 0 Å². The standard InChI is InChI=1S/C23H25N3O5/c1-29-15-4-5-16(20(11-15)30-2)17(12-21(24)27)22-18(25-26-23(22)28)10-13-3-6-19-14(9-13)7-8-31-19/h3-6,9,11,17H,7-8,10,12H2,1-2H3,(H2,24,27)(H2,25,26,28). The number of rotatable bonds is 8. The van der Waals surface area contributed by atoms with Crippen LogP contribution < -0.4 is 25.5 Å². The van der Waals surface area contributed by atoms with Gasteiger partial charge in [0.2, 0.25) is 5.91 Å². The second kappa shape index (κ2) is 8.59. The van der Waals surface area contributed by atoms with Gasteiger partial charge < -0.3 is 25.0 Å².